The number of nitrogens with one attached hydrogen (secondary N) is 1. The van der Waals surface area contributed by atoms with Crippen LogP contribution in [0.25, 0.3) is 0 Å². The highest BCUT2D eigenvalue weighted by Gasteiger charge is 2.14. The van der Waals surface area contributed by atoms with Gasteiger partial charge in [-0.05, 0) is 19.4 Å². The fourth-order valence-corrected chi connectivity index (χ4v) is 2.80. The summed E-state index contributed by atoms with van der Waals surface area (Å²) in [7, 11) is 0. The van der Waals surface area contributed by atoms with E-state index in [1.54, 1.807) is 11.8 Å². The molecule has 0 amide bonds. The Balaban J connectivity index is 0.00000112. The van der Waals surface area contributed by atoms with Crippen LogP contribution in [0.4, 0.5) is 0 Å². The van der Waals surface area contributed by atoms with E-state index >= 15 is 0 Å². The Morgan fingerprint density at radius 1 is 1.47 bits per heavy atom. The molecule has 2 heterocycles. The van der Waals surface area contributed by atoms with Crippen molar-refractivity contribution >= 4 is 35.8 Å². The highest BCUT2D eigenvalue weighted by Crippen LogP contribution is 2.26. The van der Waals surface area contributed by atoms with Crippen molar-refractivity contribution in [3.05, 3.63) is 17.5 Å². The Kier molecular flexibility index (Phi) is 5.68. The van der Waals surface area contributed by atoms with Crippen LogP contribution in [-0.2, 0) is 0 Å². The van der Waals surface area contributed by atoms with Gasteiger partial charge in [-0.3, -0.25) is 0 Å². The first-order chi connectivity index (χ1) is 6.84. The number of thioether (sulfide) groups is 1. The normalized spacial score (nSPS) is 20.7. The number of hydrogen-bond donors (Lipinski definition) is 1. The van der Waals surface area contributed by atoms with Gasteiger partial charge in [0.15, 0.2) is 0 Å². The van der Waals surface area contributed by atoms with Crippen molar-refractivity contribution in [3.8, 4) is 0 Å². The zero-order valence-electron chi connectivity index (χ0n) is 8.15. The van der Waals surface area contributed by atoms with E-state index in [2.05, 4.69) is 15.3 Å². The molecule has 1 N–H and O–H groups in total. The maximum absolute atomic E-state index is 5.78. The highest BCUT2D eigenvalue weighted by atomic mass is 35.5. The van der Waals surface area contributed by atoms with Crippen molar-refractivity contribution in [1.29, 1.82) is 0 Å². The lowest BCUT2D eigenvalue weighted by atomic mass is 10.2. The van der Waals surface area contributed by atoms with Crippen LogP contribution >= 0.6 is 35.8 Å². The van der Waals surface area contributed by atoms with E-state index in [1.807, 2.05) is 6.07 Å². The van der Waals surface area contributed by atoms with Crippen molar-refractivity contribution in [3.63, 3.8) is 0 Å². The second-order valence-electron chi connectivity index (χ2n) is 3.27. The molecule has 0 radical (unpaired) electrons. The summed E-state index contributed by atoms with van der Waals surface area (Å²) >= 11 is 7.56. The van der Waals surface area contributed by atoms with Gasteiger partial charge < -0.3 is 5.32 Å². The smallest absolute Gasteiger partial charge is 0.133 e. The second kappa shape index (κ2) is 6.53. The Labute approximate surface area is 105 Å². The summed E-state index contributed by atoms with van der Waals surface area (Å²) in [6.07, 6.45) is 4.01. The third-order valence-electron chi connectivity index (χ3n) is 2.15. The van der Waals surface area contributed by atoms with Gasteiger partial charge in [0.1, 0.15) is 16.5 Å². The first-order valence-electron chi connectivity index (χ1n) is 4.69. The zero-order valence-corrected chi connectivity index (χ0v) is 10.5. The SMILES string of the molecule is Cl.Clc1cc(SC2CCCNC2)ncn1. The maximum Gasteiger partial charge on any atom is 0.133 e. The third kappa shape index (κ3) is 4.15. The monoisotopic (exact) mass is 265 g/mol. The lowest BCUT2D eigenvalue weighted by Gasteiger charge is -2.21. The summed E-state index contributed by atoms with van der Waals surface area (Å²) in [4.78, 5) is 8.03. The second-order valence-corrected chi connectivity index (χ2v) is 4.97. The van der Waals surface area contributed by atoms with Gasteiger partial charge in [-0.2, -0.15) is 0 Å². The molecule has 1 aromatic heterocycles. The summed E-state index contributed by atoms with van der Waals surface area (Å²) in [5.74, 6) is 0. The fourth-order valence-electron chi connectivity index (χ4n) is 1.47. The van der Waals surface area contributed by atoms with Crippen LogP contribution in [0.2, 0.25) is 5.15 Å². The molecular formula is C9H13Cl2N3S. The molecule has 1 aromatic rings. The molecule has 1 saturated heterocycles. The summed E-state index contributed by atoms with van der Waals surface area (Å²) in [6.45, 7) is 2.20. The van der Waals surface area contributed by atoms with Crippen LogP contribution in [0.1, 0.15) is 12.8 Å². The molecular weight excluding hydrogens is 253 g/mol. The Hall–Kier alpha value is -0.0300. The third-order valence-corrected chi connectivity index (χ3v) is 3.55. The van der Waals surface area contributed by atoms with Crippen LogP contribution in [0.15, 0.2) is 17.4 Å². The largest absolute Gasteiger partial charge is 0.316 e. The number of hydrogen-bond acceptors (Lipinski definition) is 4. The highest BCUT2D eigenvalue weighted by molar-refractivity contribution is 7.99. The first-order valence-corrected chi connectivity index (χ1v) is 5.95. The summed E-state index contributed by atoms with van der Waals surface area (Å²) < 4.78 is 0. The van der Waals surface area contributed by atoms with Crippen LogP contribution in [0.3, 0.4) is 0 Å². The molecule has 1 atom stereocenters. The molecule has 0 spiro atoms. The van der Waals surface area contributed by atoms with Crippen molar-refractivity contribution in [2.45, 2.75) is 23.1 Å². The van der Waals surface area contributed by atoms with E-state index in [0.717, 1.165) is 18.1 Å². The molecule has 0 aromatic carbocycles. The number of piperidine rings is 1. The number of aromatic nitrogens is 2. The Morgan fingerprint density at radius 2 is 2.33 bits per heavy atom. The van der Waals surface area contributed by atoms with Gasteiger partial charge in [0.25, 0.3) is 0 Å². The van der Waals surface area contributed by atoms with Gasteiger partial charge in [0, 0.05) is 17.9 Å². The van der Waals surface area contributed by atoms with Crippen LogP contribution in [0.5, 0.6) is 0 Å². The molecule has 0 bridgehead atoms. The number of nitrogens with zero attached hydrogens (tertiary/aromatic N) is 2. The molecule has 84 valence electrons. The molecule has 15 heavy (non-hydrogen) atoms. The van der Waals surface area contributed by atoms with Gasteiger partial charge >= 0.3 is 0 Å². The topological polar surface area (TPSA) is 37.8 Å². The maximum atomic E-state index is 5.78. The predicted octanol–water partition coefficient (Wildman–Crippen LogP) is 2.40. The van der Waals surface area contributed by atoms with Gasteiger partial charge in [-0.1, -0.05) is 11.6 Å². The molecule has 1 aliphatic rings. The Bertz CT molecular complexity index is 305. The van der Waals surface area contributed by atoms with Crippen LogP contribution in [0, 0.1) is 0 Å². The molecule has 0 aliphatic carbocycles. The summed E-state index contributed by atoms with van der Waals surface area (Å²) in [5, 5.41) is 5.48. The zero-order chi connectivity index (χ0) is 9.80. The quantitative estimate of drug-likeness (QED) is 0.834. The summed E-state index contributed by atoms with van der Waals surface area (Å²) in [6, 6.07) is 1.82. The number of rotatable bonds is 2. The van der Waals surface area contributed by atoms with Crippen molar-refractivity contribution < 1.29 is 0 Å². The van der Waals surface area contributed by atoms with Crippen molar-refractivity contribution in [1.82, 2.24) is 15.3 Å². The van der Waals surface area contributed by atoms with E-state index in [0.29, 0.717) is 10.4 Å². The van der Waals surface area contributed by atoms with E-state index < -0.39 is 0 Å². The lowest BCUT2D eigenvalue weighted by molar-refractivity contribution is 0.531. The van der Waals surface area contributed by atoms with Gasteiger partial charge in [-0.25, -0.2) is 9.97 Å². The molecule has 6 heteroatoms. The molecule has 0 saturated carbocycles. The minimum absolute atomic E-state index is 0. The van der Waals surface area contributed by atoms with Crippen LogP contribution < -0.4 is 5.32 Å². The molecule has 2 rings (SSSR count). The average Bonchev–Trinajstić information content (AvgIpc) is 2.19. The summed E-state index contributed by atoms with van der Waals surface area (Å²) in [5.41, 5.74) is 0. The van der Waals surface area contributed by atoms with Gasteiger partial charge in [-0.15, -0.1) is 24.2 Å². The van der Waals surface area contributed by atoms with Gasteiger partial charge in [0.05, 0.1) is 0 Å². The Morgan fingerprint density at radius 3 is 3.00 bits per heavy atom. The first kappa shape index (κ1) is 13.0. The van der Waals surface area contributed by atoms with E-state index in [4.69, 9.17) is 11.6 Å². The molecule has 1 unspecified atom stereocenters. The predicted molar refractivity (Wildman–Crippen MR) is 66.0 cm³/mol. The van der Waals surface area contributed by atoms with Crippen molar-refractivity contribution in [2.24, 2.45) is 0 Å². The van der Waals surface area contributed by atoms with E-state index in [9.17, 15) is 0 Å². The van der Waals surface area contributed by atoms with E-state index in [-0.39, 0.29) is 12.4 Å². The van der Waals surface area contributed by atoms with Gasteiger partial charge in [0.2, 0.25) is 0 Å². The van der Waals surface area contributed by atoms with Crippen molar-refractivity contribution in [2.75, 3.05) is 13.1 Å². The molecule has 3 nitrogen and oxygen atoms in total. The standard InChI is InChI=1S/C9H12ClN3S.ClH/c10-8-4-9(13-6-12-8)14-7-2-1-3-11-5-7;/h4,6-7,11H,1-3,5H2;1H. The lowest BCUT2D eigenvalue weighted by Crippen LogP contribution is -2.31. The average molecular weight is 266 g/mol. The van der Waals surface area contributed by atoms with E-state index in [1.165, 1.54) is 19.2 Å². The van der Waals surface area contributed by atoms with Crippen LogP contribution in [-0.4, -0.2) is 28.3 Å². The molecule has 1 fully saturated rings. The fraction of sp³-hybridized carbons (Fsp3) is 0.556. The number of halogens is 2. The minimum atomic E-state index is 0. The minimum Gasteiger partial charge on any atom is -0.316 e. The molecule has 1 aliphatic heterocycles.